The second-order valence-electron chi connectivity index (χ2n) is 9.18. The maximum atomic E-state index is 13.1. The normalized spacial score (nSPS) is 11.2. The summed E-state index contributed by atoms with van der Waals surface area (Å²) in [7, 11) is 3.22. The summed E-state index contributed by atoms with van der Waals surface area (Å²) in [5.74, 6) is 1.72. The van der Waals surface area contributed by atoms with Crippen LogP contribution in [0, 0.1) is 0 Å². The Morgan fingerprint density at radius 3 is 2.32 bits per heavy atom. The van der Waals surface area contributed by atoms with Gasteiger partial charge in [0.15, 0.2) is 11.5 Å². The number of ether oxygens (including phenoxy) is 2. The maximum absolute atomic E-state index is 13.1. The lowest BCUT2D eigenvalue weighted by atomic mass is 10.0. The van der Waals surface area contributed by atoms with Crippen molar-refractivity contribution in [1.82, 2.24) is 14.8 Å². The van der Waals surface area contributed by atoms with Gasteiger partial charge in [-0.1, -0.05) is 44.2 Å². The number of aromatic amines is 1. The van der Waals surface area contributed by atoms with Crippen molar-refractivity contribution in [2.24, 2.45) is 0 Å². The predicted octanol–water partition coefficient (Wildman–Crippen LogP) is 6.13. The van der Waals surface area contributed by atoms with Gasteiger partial charge in [0, 0.05) is 28.7 Å². The summed E-state index contributed by atoms with van der Waals surface area (Å²) in [5.41, 5.74) is 5.77. The van der Waals surface area contributed by atoms with Gasteiger partial charge in [0.05, 0.1) is 19.9 Å². The van der Waals surface area contributed by atoms with Crippen LogP contribution in [0.2, 0.25) is 0 Å². The summed E-state index contributed by atoms with van der Waals surface area (Å²) in [6.45, 7) is 4.72. The quantitative estimate of drug-likeness (QED) is 0.271. The Balaban J connectivity index is 1.59. The summed E-state index contributed by atoms with van der Waals surface area (Å²) >= 11 is 0. The highest BCUT2D eigenvalue weighted by atomic mass is 16.5. The molecule has 0 aliphatic rings. The molecule has 0 radical (unpaired) electrons. The van der Waals surface area contributed by atoms with Gasteiger partial charge in [0.1, 0.15) is 11.3 Å². The number of H-pyrrole nitrogens is 1. The number of benzene rings is 3. The lowest BCUT2D eigenvalue weighted by Gasteiger charge is -2.10. The summed E-state index contributed by atoms with van der Waals surface area (Å²) in [6, 6.07) is 25.7. The number of nitrogens with zero attached hydrogens (tertiary/aromatic N) is 2. The molecule has 7 heteroatoms. The van der Waals surface area contributed by atoms with Crippen molar-refractivity contribution in [3.63, 3.8) is 0 Å². The standard InChI is InChI=1S/C30H30N4O3/c1-19(2)20-10-13-23(14-11-20)31-18-22-16-25-28(21-12-15-26(36-3)27(17-21)37-4)33-34(29(25)32-30(22)35)24-8-6-5-7-9-24/h5-17,19,31H,18H2,1-4H3,(H,32,35). The van der Waals surface area contributed by atoms with E-state index in [1.165, 1.54) is 5.56 Å². The number of anilines is 1. The Hall–Kier alpha value is -4.52. The second-order valence-corrected chi connectivity index (χ2v) is 9.18. The van der Waals surface area contributed by atoms with Crippen molar-refractivity contribution < 1.29 is 9.47 Å². The smallest absolute Gasteiger partial charge is 0.254 e. The SMILES string of the molecule is COc1ccc(-c2nn(-c3ccccc3)c3[nH]c(=O)c(CNc4ccc(C(C)C)cc4)cc23)cc1OC. The molecule has 0 fully saturated rings. The first kappa shape index (κ1) is 24.2. The van der Waals surface area contributed by atoms with Crippen LogP contribution in [-0.4, -0.2) is 29.0 Å². The number of pyridine rings is 1. The minimum absolute atomic E-state index is 0.158. The van der Waals surface area contributed by atoms with E-state index in [-0.39, 0.29) is 5.56 Å². The molecule has 5 aromatic rings. The molecule has 0 saturated heterocycles. The molecule has 0 amide bonds. The van der Waals surface area contributed by atoms with Gasteiger partial charge in [-0.3, -0.25) is 4.79 Å². The van der Waals surface area contributed by atoms with Crippen LogP contribution in [0.1, 0.15) is 30.9 Å². The highest BCUT2D eigenvalue weighted by molar-refractivity contribution is 5.93. The largest absolute Gasteiger partial charge is 0.493 e. The zero-order valence-electron chi connectivity index (χ0n) is 21.4. The molecular weight excluding hydrogens is 464 g/mol. The highest BCUT2D eigenvalue weighted by Crippen LogP contribution is 2.35. The zero-order valence-corrected chi connectivity index (χ0v) is 21.4. The van der Waals surface area contributed by atoms with E-state index in [1.54, 1.807) is 18.9 Å². The number of para-hydroxylation sites is 1. The van der Waals surface area contributed by atoms with Crippen LogP contribution < -0.4 is 20.3 Å². The number of nitrogens with one attached hydrogen (secondary N) is 2. The molecule has 5 rings (SSSR count). The van der Waals surface area contributed by atoms with Crippen LogP contribution >= 0.6 is 0 Å². The third kappa shape index (κ3) is 4.80. The van der Waals surface area contributed by atoms with E-state index in [1.807, 2.05) is 66.7 Å². The molecule has 188 valence electrons. The molecule has 0 unspecified atom stereocenters. The van der Waals surface area contributed by atoms with Gasteiger partial charge in [-0.25, -0.2) is 4.68 Å². The Bertz CT molecular complexity index is 1590. The van der Waals surface area contributed by atoms with Gasteiger partial charge in [-0.15, -0.1) is 0 Å². The summed E-state index contributed by atoms with van der Waals surface area (Å²) in [4.78, 5) is 16.2. The number of fused-ring (bicyclic) bond motifs is 1. The first-order chi connectivity index (χ1) is 18.0. The van der Waals surface area contributed by atoms with Crippen LogP contribution in [0.15, 0.2) is 83.7 Å². The third-order valence-electron chi connectivity index (χ3n) is 6.48. The molecule has 0 aliphatic carbocycles. The number of hydrogen-bond donors (Lipinski definition) is 2. The molecule has 37 heavy (non-hydrogen) atoms. The monoisotopic (exact) mass is 494 g/mol. The van der Waals surface area contributed by atoms with Gasteiger partial charge in [-0.05, 0) is 60.0 Å². The Morgan fingerprint density at radius 1 is 0.919 bits per heavy atom. The van der Waals surface area contributed by atoms with Crippen LogP contribution in [0.5, 0.6) is 11.5 Å². The van der Waals surface area contributed by atoms with Crippen molar-refractivity contribution in [2.75, 3.05) is 19.5 Å². The number of hydrogen-bond acceptors (Lipinski definition) is 5. The number of aromatic nitrogens is 3. The molecule has 2 aromatic heterocycles. The Labute approximate surface area is 215 Å². The van der Waals surface area contributed by atoms with Crippen LogP contribution in [0.3, 0.4) is 0 Å². The van der Waals surface area contributed by atoms with E-state index in [0.717, 1.165) is 28.0 Å². The topological polar surface area (TPSA) is 81.2 Å². The average Bonchev–Trinajstić information content (AvgIpc) is 3.30. The molecule has 0 atom stereocenters. The van der Waals surface area contributed by atoms with E-state index in [9.17, 15) is 4.79 Å². The van der Waals surface area contributed by atoms with E-state index in [4.69, 9.17) is 14.6 Å². The zero-order chi connectivity index (χ0) is 25.9. The number of rotatable bonds is 8. The maximum Gasteiger partial charge on any atom is 0.254 e. The fourth-order valence-corrected chi connectivity index (χ4v) is 4.38. The average molecular weight is 495 g/mol. The highest BCUT2D eigenvalue weighted by Gasteiger charge is 2.18. The minimum atomic E-state index is -0.158. The molecular formula is C30H30N4O3. The van der Waals surface area contributed by atoms with Crippen molar-refractivity contribution >= 4 is 16.7 Å². The molecule has 0 aliphatic heterocycles. The molecule has 2 N–H and O–H groups in total. The second kappa shape index (κ2) is 10.2. The summed E-state index contributed by atoms with van der Waals surface area (Å²) < 4.78 is 12.7. The van der Waals surface area contributed by atoms with Gasteiger partial charge in [-0.2, -0.15) is 5.10 Å². The van der Waals surface area contributed by atoms with Crippen LogP contribution in [-0.2, 0) is 6.54 Å². The van der Waals surface area contributed by atoms with E-state index >= 15 is 0 Å². The summed E-state index contributed by atoms with van der Waals surface area (Å²) in [5, 5.41) is 9.13. The Morgan fingerprint density at radius 2 is 1.65 bits per heavy atom. The third-order valence-corrected chi connectivity index (χ3v) is 6.48. The molecule has 0 saturated carbocycles. The number of methoxy groups -OCH3 is 2. The van der Waals surface area contributed by atoms with E-state index in [0.29, 0.717) is 35.2 Å². The van der Waals surface area contributed by atoms with Crippen molar-refractivity contribution in [3.8, 4) is 28.4 Å². The fraction of sp³-hybridized carbons (Fsp3) is 0.200. The lowest BCUT2D eigenvalue weighted by Crippen LogP contribution is -2.16. The van der Waals surface area contributed by atoms with Gasteiger partial charge >= 0.3 is 0 Å². The molecule has 2 heterocycles. The first-order valence-electron chi connectivity index (χ1n) is 12.2. The van der Waals surface area contributed by atoms with E-state index in [2.05, 4.69) is 36.3 Å². The van der Waals surface area contributed by atoms with Crippen molar-refractivity contribution in [3.05, 3.63) is 100 Å². The fourth-order valence-electron chi connectivity index (χ4n) is 4.38. The van der Waals surface area contributed by atoms with Crippen LogP contribution in [0.4, 0.5) is 5.69 Å². The van der Waals surface area contributed by atoms with Gasteiger partial charge < -0.3 is 19.8 Å². The van der Waals surface area contributed by atoms with Gasteiger partial charge in [0.25, 0.3) is 5.56 Å². The first-order valence-corrected chi connectivity index (χ1v) is 12.2. The molecule has 3 aromatic carbocycles. The predicted molar refractivity (Wildman–Crippen MR) is 148 cm³/mol. The van der Waals surface area contributed by atoms with Crippen LogP contribution in [0.25, 0.3) is 28.0 Å². The van der Waals surface area contributed by atoms with E-state index < -0.39 is 0 Å². The van der Waals surface area contributed by atoms with Crippen molar-refractivity contribution in [1.29, 1.82) is 0 Å². The summed E-state index contributed by atoms with van der Waals surface area (Å²) in [6.07, 6.45) is 0. The molecule has 7 nitrogen and oxygen atoms in total. The van der Waals surface area contributed by atoms with Crippen molar-refractivity contribution in [2.45, 2.75) is 26.3 Å². The van der Waals surface area contributed by atoms with Gasteiger partial charge in [0.2, 0.25) is 0 Å². The molecule has 0 bridgehead atoms. The Kier molecular flexibility index (Phi) is 6.68. The minimum Gasteiger partial charge on any atom is -0.493 e. The molecule has 0 spiro atoms. The lowest BCUT2D eigenvalue weighted by molar-refractivity contribution is 0.355.